The van der Waals surface area contributed by atoms with Crippen LogP contribution in [0.3, 0.4) is 0 Å². The molecular formula is C24H25N3O4S. The van der Waals surface area contributed by atoms with Gasteiger partial charge in [-0.2, -0.15) is 4.72 Å². The Hall–Kier alpha value is -3.36. The van der Waals surface area contributed by atoms with Gasteiger partial charge in [0, 0.05) is 23.6 Å². The molecule has 0 spiro atoms. The molecular weight excluding hydrogens is 426 g/mol. The SMILES string of the molecule is COc1ccc(S(=O)(=O)N[C@@H](C)C(=O)Nc2ccc(N3CCc4ccccc43)cc2)cc1. The van der Waals surface area contributed by atoms with Crippen LogP contribution in [0.15, 0.2) is 77.7 Å². The van der Waals surface area contributed by atoms with Crippen molar-refractivity contribution in [2.45, 2.75) is 24.3 Å². The molecule has 32 heavy (non-hydrogen) atoms. The molecule has 3 aromatic rings. The molecule has 0 saturated carbocycles. The zero-order valence-electron chi connectivity index (χ0n) is 17.9. The number of carbonyl (C=O) groups is 1. The van der Waals surface area contributed by atoms with Crippen LogP contribution >= 0.6 is 0 Å². The summed E-state index contributed by atoms with van der Waals surface area (Å²) in [5.41, 5.74) is 4.16. The molecule has 1 atom stereocenters. The number of para-hydroxylation sites is 1. The summed E-state index contributed by atoms with van der Waals surface area (Å²) in [6.45, 7) is 2.42. The monoisotopic (exact) mass is 451 g/mol. The van der Waals surface area contributed by atoms with E-state index in [1.165, 1.54) is 37.4 Å². The highest BCUT2D eigenvalue weighted by Gasteiger charge is 2.23. The number of anilines is 3. The Balaban J connectivity index is 1.39. The molecule has 0 unspecified atom stereocenters. The first-order valence-corrected chi connectivity index (χ1v) is 11.8. The Bertz CT molecular complexity index is 1210. The fraction of sp³-hybridized carbons (Fsp3) is 0.208. The molecule has 8 heteroatoms. The van der Waals surface area contributed by atoms with Crippen molar-refractivity contribution in [3.63, 3.8) is 0 Å². The van der Waals surface area contributed by atoms with E-state index in [1.807, 2.05) is 36.4 Å². The molecule has 1 amide bonds. The highest BCUT2D eigenvalue weighted by Crippen LogP contribution is 2.34. The number of ether oxygens (including phenoxy) is 1. The fourth-order valence-electron chi connectivity index (χ4n) is 3.69. The van der Waals surface area contributed by atoms with Gasteiger partial charge in [0.2, 0.25) is 15.9 Å². The van der Waals surface area contributed by atoms with Gasteiger partial charge in [-0.1, -0.05) is 18.2 Å². The molecule has 4 rings (SSSR count). The van der Waals surface area contributed by atoms with E-state index in [9.17, 15) is 13.2 Å². The third kappa shape index (κ3) is 4.61. The standard InChI is InChI=1S/C24H25N3O4S/c1-17(26-32(29,30)22-13-11-21(31-2)12-14-22)24(28)25-19-7-9-20(10-8-19)27-16-15-18-5-3-4-6-23(18)27/h3-14,17,26H,15-16H2,1-2H3,(H,25,28)/t17-/m0/s1. The topological polar surface area (TPSA) is 87.7 Å². The average Bonchev–Trinajstić information content (AvgIpc) is 3.23. The maximum atomic E-state index is 12.6. The summed E-state index contributed by atoms with van der Waals surface area (Å²) in [6.07, 6.45) is 1.00. The Labute approximate surface area is 188 Å². The van der Waals surface area contributed by atoms with Crippen LogP contribution in [-0.2, 0) is 21.2 Å². The van der Waals surface area contributed by atoms with E-state index < -0.39 is 22.0 Å². The number of benzene rings is 3. The number of rotatable bonds is 7. The molecule has 3 aromatic carbocycles. The van der Waals surface area contributed by atoms with E-state index in [-0.39, 0.29) is 4.90 Å². The molecule has 0 aromatic heterocycles. The third-order valence-corrected chi connectivity index (χ3v) is 6.99. The van der Waals surface area contributed by atoms with Gasteiger partial charge >= 0.3 is 0 Å². The quantitative estimate of drug-likeness (QED) is 0.572. The van der Waals surface area contributed by atoms with Gasteiger partial charge in [0.15, 0.2) is 0 Å². The van der Waals surface area contributed by atoms with Gasteiger partial charge in [-0.3, -0.25) is 4.79 Å². The van der Waals surface area contributed by atoms with Crippen LogP contribution in [0.2, 0.25) is 0 Å². The summed E-state index contributed by atoms with van der Waals surface area (Å²) in [5, 5.41) is 2.77. The summed E-state index contributed by atoms with van der Waals surface area (Å²) in [6, 6.07) is 20.9. The Kier molecular flexibility index (Phi) is 6.16. The van der Waals surface area contributed by atoms with Crippen molar-refractivity contribution < 1.29 is 17.9 Å². The summed E-state index contributed by atoms with van der Waals surface area (Å²) >= 11 is 0. The molecule has 166 valence electrons. The predicted octanol–water partition coefficient (Wildman–Crippen LogP) is 3.69. The van der Waals surface area contributed by atoms with Crippen molar-refractivity contribution >= 4 is 33.0 Å². The zero-order chi connectivity index (χ0) is 22.7. The van der Waals surface area contributed by atoms with Crippen molar-refractivity contribution in [3.8, 4) is 5.75 Å². The molecule has 0 saturated heterocycles. The summed E-state index contributed by atoms with van der Waals surface area (Å²) < 4.78 is 32.6. The number of nitrogens with one attached hydrogen (secondary N) is 2. The maximum Gasteiger partial charge on any atom is 0.242 e. The smallest absolute Gasteiger partial charge is 0.242 e. The number of fused-ring (bicyclic) bond motifs is 1. The van der Waals surface area contributed by atoms with Gasteiger partial charge in [0.25, 0.3) is 0 Å². The van der Waals surface area contributed by atoms with E-state index in [2.05, 4.69) is 27.1 Å². The number of amides is 1. The number of carbonyl (C=O) groups excluding carboxylic acids is 1. The van der Waals surface area contributed by atoms with E-state index >= 15 is 0 Å². The molecule has 0 radical (unpaired) electrons. The molecule has 2 N–H and O–H groups in total. The first-order chi connectivity index (χ1) is 15.4. The van der Waals surface area contributed by atoms with Crippen LogP contribution in [0.4, 0.5) is 17.1 Å². The lowest BCUT2D eigenvalue weighted by molar-refractivity contribution is -0.117. The predicted molar refractivity (Wildman–Crippen MR) is 125 cm³/mol. The lowest BCUT2D eigenvalue weighted by Gasteiger charge is -2.20. The number of methoxy groups -OCH3 is 1. The van der Waals surface area contributed by atoms with Crippen LogP contribution in [0.1, 0.15) is 12.5 Å². The highest BCUT2D eigenvalue weighted by molar-refractivity contribution is 7.89. The molecule has 1 aliphatic heterocycles. The number of hydrogen-bond donors (Lipinski definition) is 2. The molecule has 0 aliphatic carbocycles. The fourth-order valence-corrected chi connectivity index (χ4v) is 4.89. The van der Waals surface area contributed by atoms with E-state index in [0.717, 1.165) is 18.7 Å². The summed E-state index contributed by atoms with van der Waals surface area (Å²) in [7, 11) is -2.34. The van der Waals surface area contributed by atoms with Crippen LogP contribution < -0.4 is 19.7 Å². The summed E-state index contributed by atoms with van der Waals surface area (Å²) in [5.74, 6) is 0.108. The van der Waals surface area contributed by atoms with Crippen LogP contribution in [0.5, 0.6) is 5.75 Å². The van der Waals surface area contributed by atoms with E-state index in [4.69, 9.17) is 4.74 Å². The lowest BCUT2D eigenvalue weighted by Crippen LogP contribution is -2.41. The largest absolute Gasteiger partial charge is 0.497 e. The Morgan fingerprint density at radius 3 is 2.38 bits per heavy atom. The number of nitrogens with zero attached hydrogens (tertiary/aromatic N) is 1. The van der Waals surface area contributed by atoms with Gasteiger partial charge in [-0.05, 0) is 73.5 Å². The second-order valence-corrected chi connectivity index (χ2v) is 9.30. The van der Waals surface area contributed by atoms with Crippen molar-refractivity contribution in [3.05, 3.63) is 78.4 Å². The first-order valence-electron chi connectivity index (χ1n) is 10.3. The Morgan fingerprint density at radius 2 is 1.69 bits per heavy atom. The molecule has 1 heterocycles. The molecule has 7 nitrogen and oxygen atoms in total. The van der Waals surface area contributed by atoms with E-state index in [0.29, 0.717) is 11.4 Å². The third-order valence-electron chi connectivity index (χ3n) is 5.43. The van der Waals surface area contributed by atoms with Crippen molar-refractivity contribution in [2.75, 3.05) is 23.9 Å². The Morgan fingerprint density at radius 1 is 1.00 bits per heavy atom. The summed E-state index contributed by atoms with van der Waals surface area (Å²) in [4.78, 5) is 14.9. The van der Waals surface area contributed by atoms with Gasteiger partial charge in [-0.15, -0.1) is 0 Å². The zero-order valence-corrected chi connectivity index (χ0v) is 18.7. The molecule has 0 fully saturated rings. The second kappa shape index (κ2) is 9.02. The van der Waals surface area contributed by atoms with Gasteiger partial charge in [0.05, 0.1) is 18.0 Å². The van der Waals surface area contributed by atoms with Gasteiger partial charge < -0.3 is 15.0 Å². The first kappa shape index (κ1) is 21.9. The van der Waals surface area contributed by atoms with Crippen molar-refractivity contribution in [2.24, 2.45) is 0 Å². The maximum absolute atomic E-state index is 12.6. The van der Waals surface area contributed by atoms with Crippen molar-refractivity contribution in [1.82, 2.24) is 4.72 Å². The van der Waals surface area contributed by atoms with Crippen LogP contribution in [0, 0.1) is 0 Å². The molecule has 1 aliphatic rings. The van der Waals surface area contributed by atoms with Gasteiger partial charge in [-0.25, -0.2) is 8.42 Å². The average molecular weight is 452 g/mol. The molecule has 0 bridgehead atoms. The number of hydrogen-bond acceptors (Lipinski definition) is 5. The van der Waals surface area contributed by atoms with E-state index in [1.54, 1.807) is 12.1 Å². The van der Waals surface area contributed by atoms with Crippen LogP contribution in [-0.4, -0.2) is 34.0 Å². The minimum absolute atomic E-state index is 0.0631. The highest BCUT2D eigenvalue weighted by atomic mass is 32.2. The van der Waals surface area contributed by atoms with Gasteiger partial charge in [0.1, 0.15) is 5.75 Å². The minimum atomic E-state index is -3.84. The number of sulfonamides is 1. The minimum Gasteiger partial charge on any atom is -0.497 e. The van der Waals surface area contributed by atoms with Crippen molar-refractivity contribution in [1.29, 1.82) is 0 Å². The van der Waals surface area contributed by atoms with Crippen LogP contribution in [0.25, 0.3) is 0 Å². The second-order valence-electron chi connectivity index (χ2n) is 7.58. The lowest BCUT2D eigenvalue weighted by atomic mass is 10.2. The normalized spacial score (nSPS) is 14.0.